The van der Waals surface area contributed by atoms with Crippen LogP contribution in [0.25, 0.3) is 6.08 Å². The first-order valence-corrected chi connectivity index (χ1v) is 8.92. The van der Waals surface area contributed by atoms with E-state index in [2.05, 4.69) is 10.3 Å². The standard InChI is InChI=1S/C17H9Cl3N2O2S/c18-11-4-1-9(2-5-11)15(23)21-17-22-16(24)14(25-17)7-10-3-6-12(19)8-13(10)20/h1-8H,(H,21,22,23,24)/b14-7-. The molecule has 1 saturated heterocycles. The van der Waals surface area contributed by atoms with Crippen LogP contribution in [-0.2, 0) is 4.79 Å². The van der Waals surface area contributed by atoms with Crippen molar-refractivity contribution in [2.45, 2.75) is 0 Å². The van der Waals surface area contributed by atoms with Gasteiger partial charge in [-0.15, -0.1) is 0 Å². The zero-order chi connectivity index (χ0) is 18.0. The maximum absolute atomic E-state index is 12.1. The Morgan fingerprint density at radius 3 is 2.40 bits per heavy atom. The lowest BCUT2D eigenvalue weighted by molar-refractivity contribution is -0.115. The second kappa shape index (κ2) is 7.62. The van der Waals surface area contributed by atoms with E-state index < -0.39 is 5.91 Å². The number of rotatable bonds is 2. The van der Waals surface area contributed by atoms with Gasteiger partial charge in [-0.05, 0) is 59.8 Å². The van der Waals surface area contributed by atoms with Crippen LogP contribution in [0.3, 0.4) is 0 Å². The van der Waals surface area contributed by atoms with Crippen LogP contribution in [0.1, 0.15) is 15.9 Å². The monoisotopic (exact) mass is 410 g/mol. The predicted octanol–water partition coefficient (Wildman–Crippen LogP) is 5.05. The summed E-state index contributed by atoms with van der Waals surface area (Å²) in [5.74, 6) is -0.816. The first kappa shape index (κ1) is 18.0. The Morgan fingerprint density at radius 2 is 1.72 bits per heavy atom. The van der Waals surface area contributed by atoms with Crippen molar-refractivity contribution < 1.29 is 9.59 Å². The first-order chi connectivity index (χ1) is 11.9. The summed E-state index contributed by atoms with van der Waals surface area (Å²) in [5, 5.41) is 4.22. The number of carbonyl (C=O) groups is 2. The van der Waals surface area contributed by atoms with Gasteiger partial charge in [0.2, 0.25) is 0 Å². The Labute approximate surface area is 162 Å². The van der Waals surface area contributed by atoms with Crippen molar-refractivity contribution in [1.29, 1.82) is 0 Å². The van der Waals surface area contributed by atoms with Gasteiger partial charge in [-0.3, -0.25) is 9.59 Å². The molecule has 1 N–H and O–H groups in total. The molecule has 8 heteroatoms. The van der Waals surface area contributed by atoms with Crippen molar-refractivity contribution in [3.63, 3.8) is 0 Å². The van der Waals surface area contributed by atoms with Crippen LogP contribution in [0.5, 0.6) is 0 Å². The fourth-order valence-corrected chi connectivity index (χ4v) is 3.39. The van der Waals surface area contributed by atoms with E-state index in [0.717, 1.165) is 11.8 Å². The molecule has 1 aliphatic heterocycles. The summed E-state index contributed by atoms with van der Waals surface area (Å²) in [6.45, 7) is 0. The molecule has 2 aromatic rings. The van der Waals surface area contributed by atoms with Gasteiger partial charge in [0.15, 0.2) is 5.17 Å². The average molecular weight is 412 g/mol. The number of amides is 2. The van der Waals surface area contributed by atoms with Crippen LogP contribution in [-0.4, -0.2) is 17.0 Å². The van der Waals surface area contributed by atoms with Crippen molar-refractivity contribution in [3.8, 4) is 0 Å². The van der Waals surface area contributed by atoms with Gasteiger partial charge in [0.25, 0.3) is 11.8 Å². The molecule has 0 aromatic heterocycles. The average Bonchev–Trinajstić information content (AvgIpc) is 2.90. The van der Waals surface area contributed by atoms with Crippen molar-refractivity contribution in [3.05, 3.63) is 73.6 Å². The normalized spacial score (nSPS) is 17.2. The summed E-state index contributed by atoms with van der Waals surface area (Å²) >= 11 is 18.8. The third-order valence-corrected chi connectivity index (χ3v) is 4.92. The van der Waals surface area contributed by atoms with Gasteiger partial charge in [-0.25, -0.2) is 0 Å². The Hall–Kier alpha value is -1.79. The Kier molecular flexibility index (Phi) is 5.49. The van der Waals surface area contributed by atoms with Crippen LogP contribution < -0.4 is 5.32 Å². The molecule has 0 unspecified atom stereocenters. The third kappa shape index (κ3) is 4.44. The smallest absolute Gasteiger partial charge is 0.279 e. The van der Waals surface area contributed by atoms with E-state index >= 15 is 0 Å². The number of benzene rings is 2. The number of thioether (sulfide) groups is 1. The van der Waals surface area contributed by atoms with E-state index in [-0.39, 0.29) is 11.1 Å². The van der Waals surface area contributed by atoms with E-state index in [1.165, 1.54) is 0 Å². The van der Waals surface area contributed by atoms with Crippen LogP contribution in [0.15, 0.2) is 52.4 Å². The summed E-state index contributed by atoms with van der Waals surface area (Å²) in [6, 6.07) is 11.3. The number of amidine groups is 1. The summed E-state index contributed by atoms with van der Waals surface area (Å²) in [5.41, 5.74) is 1.03. The summed E-state index contributed by atoms with van der Waals surface area (Å²) < 4.78 is 0. The molecule has 1 fully saturated rings. The quantitative estimate of drug-likeness (QED) is 0.704. The topological polar surface area (TPSA) is 58.5 Å². The van der Waals surface area contributed by atoms with Gasteiger partial charge in [0, 0.05) is 20.6 Å². The molecule has 126 valence electrons. The van der Waals surface area contributed by atoms with E-state index in [1.54, 1.807) is 48.5 Å². The first-order valence-electron chi connectivity index (χ1n) is 6.97. The Morgan fingerprint density at radius 1 is 1.04 bits per heavy atom. The lowest BCUT2D eigenvalue weighted by Crippen LogP contribution is -2.20. The number of nitrogens with one attached hydrogen (secondary N) is 1. The molecule has 0 bridgehead atoms. The van der Waals surface area contributed by atoms with Crippen molar-refractivity contribution in [2.24, 2.45) is 4.99 Å². The van der Waals surface area contributed by atoms with Gasteiger partial charge in [-0.1, -0.05) is 40.9 Å². The Balaban J connectivity index is 1.81. The fourth-order valence-electron chi connectivity index (χ4n) is 1.99. The number of carbonyl (C=O) groups excluding carboxylic acids is 2. The zero-order valence-corrected chi connectivity index (χ0v) is 15.5. The molecule has 1 aliphatic rings. The third-order valence-electron chi connectivity index (χ3n) is 3.19. The summed E-state index contributed by atoms with van der Waals surface area (Å²) in [6.07, 6.45) is 1.62. The molecule has 3 rings (SSSR count). The van der Waals surface area contributed by atoms with Crippen LogP contribution in [0.2, 0.25) is 15.1 Å². The second-order valence-corrected chi connectivity index (χ2v) is 7.27. The molecular weight excluding hydrogens is 403 g/mol. The predicted molar refractivity (Wildman–Crippen MR) is 103 cm³/mol. The molecule has 0 atom stereocenters. The van der Waals surface area contributed by atoms with E-state index in [9.17, 15) is 9.59 Å². The highest BCUT2D eigenvalue weighted by Crippen LogP contribution is 2.29. The highest BCUT2D eigenvalue weighted by atomic mass is 35.5. The molecule has 0 spiro atoms. The number of hydrogen-bond donors (Lipinski definition) is 1. The van der Waals surface area contributed by atoms with Gasteiger partial charge in [0.05, 0.1) is 4.91 Å². The number of hydrogen-bond acceptors (Lipinski definition) is 3. The molecular formula is C17H9Cl3N2O2S. The maximum atomic E-state index is 12.1. The van der Waals surface area contributed by atoms with Crippen LogP contribution in [0.4, 0.5) is 0 Å². The van der Waals surface area contributed by atoms with Crippen LogP contribution >= 0.6 is 46.6 Å². The molecule has 0 radical (unpaired) electrons. The number of halogens is 3. The number of nitrogens with zero attached hydrogens (tertiary/aromatic N) is 1. The maximum Gasteiger partial charge on any atom is 0.279 e. The molecule has 0 saturated carbocycles. The molecule has 1 heterocycles. The van der Waals surface area contributed by atoms with E-state index in [0.29, 0.717) is 31.1 Å². The molecule has 2 aromatic carbocycles. The minimum absolute atomic E-state index is 0.210. The summed E-state index contributed by atoms with van der Waals surface area (Å²) in [4.78, 5) is 28.5. The van der Waals surface area contributed by atoms with Crippen molar-refractivity contribution >= 4 is 69.6 Å². The SMILES string of the molecule is O=C1NC(=NC(=O)c2ccc(Cl)cc2)S/C1=C\c1ccc(Cl)cc1Cl. The molecule has 0 aliphatic carbocycles. The highest BCUT2D eigenvalue weighted by molar-refractivity contribution is 8.18. The van der Waals surface area contributed by atoms with E-state index in [1.807, 2.05) is 0 Å². The van der Waals surface area contributed by atoms with E-state index in [4.69, 9.17) is 34.8 Å². The molecule has 2 amide bonds. The molecule has 4 nitrogen and oxygen atoms in total. The number of aliphatic imine (C=N–C) groups is 1. The fraction of sp³-hybridized carbons (Fsp3) is 0. The van der Waals surface area contributed by atoms with Gasteiger partial charge in [-0.2, -0.15) is 4.99 Å². The van der Waals surface area contributed by atoms with Crippen LogP contribution in [0, 0.1) is 0 Å². The summed E-state index contributed by atoms with van der Waals surface area (Å²) in [7, 11) is 0. The minimum Gasteiger partial charge on any atom is -0.300 e. The molecule has 25 heavy (non-hydrogen) atoms. The lowest BCUT2D eigenvalue weighted by Gasteiger charge is -1.99. The van der Waals surface area contributed by atoms with Crippen molar-refractivity contribution in [1.82, 2.24) is 5.32 Å². The van der Waals surface area contributed by atoms with Crippen molar-refractivity contribution in [2.75, 3.05) is 0 Å². The largest absolute Gasteiger partial charge is 0.300 e. The minimum atomic E-state index is -0.467. The second-order valence-electron chi connectivity index (χ2n) is 4.96. The lowest BCUT2D eigenvalue weighted by atomic mass is 10.2. The zero-order valence-electron chi connectivity index (χ0n) is 12.4. The Bertz CT molecular complexity index is 924. The van der Waals surface area contributed by atoms with Gasteiger partial charge < -0.3 is 5.32 Å². The highest BCUT2D eigenvalue weighted by Gasteiger charge is 2.25. The van der Waals surface area contributed by atoms with Gasteiger partial charge in [0.1, 0.15) is 0 Å². The van der Waals surface area contributed by atoms with Gasteiger partial charge >= 0.3 is 0 Å².